The fourth-order valence-electron chi connectivity index (χ4n) is 3.12. The van der Waals surface area contributed by atoms with Gasteiger partial charge in [-0.2, -0.15) is 0 Å². The van der Waals surface area contributed by atoms with E-state index in [2.05, 4.69) is 37.9 Å². The van der Waals surface area contributed by atoms with Crippen LogP contribution in [0.1, 0.15) is 33.3 Å². The Labute approximate surface area is 126 Å². The van der Waals surface area contributed by atoms with Gasteiger partial charge in [-0.15, -0.1) is 0 Å². The highest BCUT2D eigenvalue weighted by molar-refractivity contribution is 5.18. The molecule has 0 saturated carbocycles. The van der Waals surface area contributed by atoms with Crippen LogP contribution in [0.15, 0.2) is 18.2 Å². The minimum Gasteiger partial charge on any atom is -0.309 e. The van der Waals surface area contributed by atoms with E-state index >= 15 is 0 Å². The smallest absolute Gasteiger partial charge is 0.126 e. The Morgan fingerprint density at radius 2 is 1.86 bits per heavy atom. The molecule has 0 bridgehead atoms. The maximum Gasteiger partial charge on any atom is 0.126 e. The fraction of sp³-hybridized carbons (Fsp3) is 0.647. The monoisotopic (exact) mass is 296 g/mol. The third-order valence-corrected chi connectivity index (χ3v) is 4.24. The van der Waals surface area contributed by atoms with Gasteiger partial charge in [0.1, 0.15) is 11.6 Å². The van der Waals surface area contributed by atoms with Crippen molar-refractivity contribution in [2.75, 3.05) is 19.6 Å². The lowest BCUT2D eigenvalue weighted by molar-refractivity contribution is 0.0705. The number of benzene rings is 1. The molecule has 0 spiro atoms. The van der Waals surface area contributed by atoms with E-state index in [1.165, 1.54) is 12.1 Å². The van der Waals surface area contributed by atoms with E-state index < -0.39 is 11.6 Å². The summed E-state index contributed by atoms with van der Waals surface area (Å²) in [5.74, 6) is -0.435. The van der Waals surface area contributed by atoms with Gasteiger partial charge in [0.15, 0.2) is 0 Å². The van der Waals surface area contributed by atoms with Gasteiger partial charge in [0.2, 0.25) is 0 Å². The summed E-state index contributed by atoms with van der Waals surface area (Å²) in [6.45, 7) is 11.6. The van der Waals surface area contributed by atoms with Crippen molar-refractivity contribution in [1.82, 2.24) is 10.2 Å². The molecule has 1 aromatic rings. The van der Waals surface area contributed by atoms with E-state index in [4.69, 9.17) is 0 Å². The molecule has 1 N–H and O–H groups in total. The highest BCUT2D eigenvalue weighted by atomic mass is 19.1. The van der Waals surface area contributed by atoms with Gasteiger partial charge in [-0.05, 0) is 43.9 Å². The lowest BCUT2D eigenvalue weighted by Gasteiger charge is -2.46. The molecular weight excluding hydrogens is 270 g/mol. The molecule has 1 atom stereocenters. The molecule has 0 radical (unpaired) electrons. The quantitative estimate of drug-likeness (QED) is 0.918. The van der Waals surface area contributed by atoms with Gasteiger partial charge in [0.25, 0.3) is 0 Å². The molecule has 1 unspecified atom stereocenters. The first-order valence-corrected chi connectivity index (χ1v) is 7.71. The topological polar surface area (TPSA) is 15.3 Å². The van der Waals surface area contributed by atoms with Crippen LogP contribution in [-0.4, -0.2) is 36.1 Å². The average Bonchev–Trinajstić information content (AvgIpc) is 2.33. The standard InChI is InChI=1S/C17H26F2N2/c1-12(2)16-10-20-17(3,4)11-21(16)6-5-13-7-14(18)9-15(19)8-13/h7-9,12,16,20H,5-6,10-11H2,1-4H3. The van der Waals surface area contributed by atoms with Gasteiger partial charge in [-0.3, -0.25) is 4.90 Å². The summed E-state index contributed by atoms with van der Waals surface area (Å²) in [5.41, 5.74) is 0.810. The summed E-state index contributed by atoms with van der Waals surface area (Å²) in [6, 6.07) is 4.26. The van der Waals surface area contributed by atoms with Crippen molar-refractivity contribution in [2.24, 2.45) is 5.92 Å². The number of nitrogens with zero attached hydrogens (tertiary/aromatic N) is 1. The van der Waals surface area contributed by atoms with E-state index in [9.17, 15) is 8.78 Å². The molecule has 1 aromatic carbocycles. The molecule has 2 nitrogen and oxygen atoms in total. The van der Waals surface area contributed by atoms with Gasteiger partial charge in [0, 0.05) is 37.3 Å². The van der Waals surface area contributed by atoms with Crippen LogP contribution in [0.2, 0.25) is 0 Å². The number of piperazine rings is 1. The molecule has 0 aliphatic carbocycles. The fourth-order valence-corrected chi connectivity index (χ4v) is 3.12. The maximum absolute atomic E-state index is 13.3. The highest BCUT2D eigenvalue weighted by Gasteiger charge is 2.33. The van der Waals surface area contributed by atoms with Crippen molar-refractivity contribution in [2.45, 2.75) is 45.7 Å². The van der Waals surface area contributed by atoms with Crippen LogP contribution in [0.4, 0.5) is 8.78 Å². The van der Waals surface area contributed by atoms with E-state index in [0.29, 0.717) is 18.4 Å². The van der Waals surface area contributed by atoms with Crippen LogP contribution in [0, 0.1) is 17.6 Å². The third kappa shape index (κ3) is 4.48. The van der Waals surface area contributed by atoms with E-state index in [1.54, 1.807) is 0 Å². The van der Waals surface area contributed by atoms with E-state index in [0.717, 1.165) is 31.3 Å². The molecule has 0 amide bonds. The Balaban J connectivity index is 2.04. The molecule has 2 rings (SSSR count). The van der Waals surface area contributed by atoms with Crippen molar-refractivity contribution in [3.63, 3.8) is 0 Å². The lowest BCUT2D eigenvalue weighted by Crippen LogP contribution is -2.63. The summed E-state index contributed by atoms with van der Waals surface area (Å²) >= 11 is 0. The largest absolute Gasteiger partial charge is 0.309 e. The molecule has 1 saturated heterocycles. The predicted molar refractivity (Wildman–Crippen MR) is 82.3 cm³/mol. The Bertz CT molecular complexity index is 465. The summed E-state index contributed by atoms with van der Waals surface area (Å²) in [5, 5.41) is 3.57. The third-order valence-electron chi connectivity index (χ3n) is 4.24. The zero-order valence-electron chi connectivity index (χ0n) is 13.4. The van der Waals surface area contributed by atoms with Gasteiger partial charge >= 0.3 is 0 Å². The van der Waals surface area contributed by atoms with Gasteiger partial charge < -0.3 is 5.32 Å². The van der Waals surface area contributed by atoms with Crippen molar-refractivity contribution < 1.29 is 8.78 Å². The molecule has 0 aromatic heterocycles. The van der Waals surface area contributed by atoms with Crippen LogP contribution >= 0.6 is 0 Å². The number of hydrogen-bond acceptors (Lipinski definition) is 2. The van der Waals surface area contributed by atoms with Crippen LogP contribution < -0.4 is 5.32 Å². The first-order valence-electron chi connectivity index (χ1n) is 7.71. The minimum absolute atomic E-state index is 0.0819. The number of nitrogens with one attached hydrogen (secondary N) is 1. The zero-order valence-corrected chi connectivity index (χ0v) is 13.4. The summed E-state index contributed by atoms with van der Waals surface area (Å²) in [6.07, 6.45) is 0.675. The molecule has 21 heavy (non-hydrogen) atoms. The zero-order chi connectivity index (χ0) is 15.6. The van der Waals surface area contributed by atoms with Crippen LogP contribution in [0.5, 0.6) is 0 Å². The van der Waals surface area contributed by atoms with Crippen LogP contribution in [-0.2, 0) is 6.42 Å². The lowest BCUT2D eigenvalue weighted by atomic mass is 9.92. The second-order valence-electron chi connectivity index (χ2n) is 7.07. The average molecular weight is 296 g/mol. The summed E-state index contributed by atoms with van der Waals surface area (Å²) in [7, 11) is 0. The van der Waals surface area contributed by atoms with E-state index in [-0.39, 0.29) is 5.54 Å². The minimum atomic E-state index is -0.494. The maximum atomic E-state index is 13.3. The van der Waals surface area contributed by atoms with Crippen molar-refractivity contribution in [3.8, 4) is 0 Å². The van der Waals surface area contributed by atoms with Crippen molar-refractivity contribution in [1.29, 1.82) is 0 Å². The Kier molecular flexibility index (Phi) is 4.99. The Hall–Kier alpha value is -1.00. The van der Waals surface area contributed by atoms with Gasteiger partial charge in [0.05, 0.1) is 0 Å². The highest BCUT2D eigenvalue weighted by Crippen LogP contribution is 2.21. The predicted octanol–water partition coefficient (Wildman–Crippen LogP) is 3.22. The van der Waals surface area contributed by atoms with Gasteiger partial charge in [-0.1, -0.05) is 13.8 Å². The van der Waals surface area contributed by atoms with Crippen molar-refractivity contribution in [3.05, 3.63) is 35.4 Å². The number of halogens is 2. The first kappa shape index (κ1) is 16.4. The summed E-state index contributed by atoms with van der Waals surface area (Å²) in [4.78, 5) is 2.45. The van der Waals surface area contributed by atoms with Crippen LogP contribution in [0.3, 0.4) is 0 Å². The molecule has 1 heterocycles. The Morgan fingerprint density at radius 1 is 1.24 bits per heavy atom. The number of rotatable bonds is 4. The molecule has 1 fully saturated rings. The molecule has 1 aliphatic rings. The first-order chi connectivity index (χ1) is 9.77. The Morgan fingerprint density at radius 3 is 2.43 bits per heavy atom. The second kappa shape index (κ2) is 6.41. The SMILES string of the molecule is CC(C)C1CNC(C)(C)CN1CCc1cc(F)cc(F)c1. The van der Waals surface area contributed by atoms with E-state index in [1.807, 2.05) is 0 Å². The normalized spacial score (nSPS) is 22.7. The summed E-state index contributed by atoms with van der Waals surface area (Å²) < 4.78 is 26.5. The number of hydrogen-bond donors (Lipinski definition) is 1. The van der Waals surface area contributed by atoms with Gasteiger partial charge in [-0.25, -0.2) is 8.78 Å². The van der Waals surface area contributed by atoms with Crippen molar-refractivity contribution >= 4 is 0 Å². The second-order valence-corrected chi connectivity index (χ2v) is 7.07. The molecular formula is C17H26F2N2. The molecule has 118 valence electrons. The van der Waals surface area contributed by atoms with Crippen LogP contribution in [0.25, 0.3) is 0 Å². The molecule has 4 heteroatoms. The molecule has 1 aliphatic heterocycles.